The van der Waals surface area contributed by atoms with E-state index >= 15 is 0 Å². The van der Waals surface area contributed by atoms with Crippen LogP contribution in [0.1, 0.15) is 104 Å². The normalized spacial score (nSPS) is 16.3. The van der Waals surface area contributed by atoms with E-state index in [4.69, 9.17) is 22.1 Å². The van der Waals surface area contributed by atoms with Crippen molar-refractivity contribution >= 4 is 41.6 Å². The molecule has 1 N–H and O–H groups in total. The molecule has 0 saturated heterocycles. The van der Waals surface area contributed by atoms with E-state index in [0.717, 1.165) is 90.7 Å². The highest BCUT2D eigenvalue weighted by Crippen LogP contribution is 2.37. The summed E-state index contributed by atoms with van der Waals surface area (Å²) in [7, 11) is -10.4. The van der Waals surface area contributed by atoms with Gasteiger partial charge in [0.2, 0.25) is 0 Å². The van der Waals surface area contributed by atoms with Gasteiger partial charge in [-0.15, -0.1) is 0 Å². The summed E-state index contributed by atoms with van der Waals surface area (Å²) in [4.78, 5) is 0. The molecule has 0 aromatic carbocycles. The topological polar surface area (TPSA) is 66.4 Å². The minimum atomic E-state index is -2.16. The van der Waals surface area contributed by atoms with Crippen LogP contribution in [0.4, 0.5) is 0 Å². The summed E-state index contributed by atoms with van der Waals surface area (Å²) in [6, 6.07) is 15.9. The van der Waals surface area contributed by atoms with Gasteiger partial charge < -0.3 is 27.2 Å². The minimum absolute atomic E-state index is 0.0666. The zero-order valence-corrected chi connectivity index (χ0v) is 39.3. The Morgan fingerprint density at radius 3 is 0.830 bits per heavy atom. The highest BCUT2D eigenvalue weighted by atomic mass is 28.4. The van der Waals surface area contributed by atoms with E-state index in [-0.39, 0.29) is 18.8 Å². The fourth-order valence-electron chi connectivity index (χ4n) is 7.65. The van der Waals surface area contributed by atoms with Crippen molar-refractivity contribution in [2.24, 2.45) is 0 Å². The van der Waals surface area contributed by atoms with Crippen molar-refractivity contribution in [1.82, 2.24) is 0 Å². The van der Waals surface area contributed by atoms with Crippen LogP contribution in [0.25, 0.3) is 0 Å². The van der Waals surface area contributed by atoms with Crippen molar-refractivity contribution in [3.8, 4) is 0 Å². The van der Waals surface area contributed by atoms with Gasteiger partial charge in [0.25, 0.3) is 0 Å². The molecule has 0 aromatic heterocycles. The van der Waals surface area contributed by atoms with Crippen LogP contribution in [-0.2, 0) is 22.1 Å². The maximum Gasteiger partial charge on any atom is 0.192 e. The zero-order valence-electron chi connectivity index (χ0n) is 34.3. The molecular weight excluding hydrogens is 669 g/mol. The van der Waals surface area contributed by atoms with Gasteiger partial charge in [-0.05, 0) is 90.7 Å². The van der Waals surface area contributed by atoms with Crippen LogP contribution in [0, 0.1) is 0 Å². The lowest BCUT2D eigenvalue weighted by molar-refractivity contribution is -0.101. The third-order valence-electron chi connectivity index (χ3n) is 13.0. The van der Waals surface area contributed by atoms with Crippen LogP contribution < -0.4 is 0 Å². The van der Waals surface area contributed by atoms with Crippen molar-refractivity contribution in [2.75, 3.05) is 13.2 Å². The number of hydrogen-bond donors (Lipinski definition) is 1. The smallest absolute Gasteiger partial charge is 0.192 e. The molecule has 47 heavy (non-hydrogen) atoms. The van der Waals surface area contributed by atoms with Crippen molar-refractivity contribution in [1.29, 1.82) is 0 Å². The first kappa shape index (κ1) is 47.8. The number of hydrogen-bond acceptors (Lipinski definition) is 6. The van der Waals surface area contributed by atoms with Crippen LogP contribution in [0.15, 0.2) is 0 Å². The molecule has 0 radical (unpaired) electrons. The van der Waals surface area contributed by atoms with Gasteiger partial charge in [-0.1, -0.05) is 104 Å². The van der Waals surface area contributed by atoms with E-state index in [1.54, 1.807) is 0 Å². The Hall–Kier alpha value is 0.844. The van der Waals surface area contributed by atoms with Crippen LogP contribution in [-0.4, -0.2) is 84.3 Å². The van der Waals surface area contributed by atoms with Crippen LogP contribution in [0.5, 0.6) is 0 Å². The van der Waals surface area contributed by atoms with Crippen LogP contribution >= 0.6 is 0 Å². The monoisotopic (exact) mass is 753 g/mol. The van der Waals surface area contributed by atoms with Gasteiger partial charge in [0, 0.05) is 0 Å². The Kier molecular flexibility index (Phi) is 23.8. The van der Waals surface area contributed by atoms with Gasteiger partial charge >= 0.3 is 0 Å². The Bertz CT molecular complexity index is 745. The largest absolute Gasteiger partial charge is 0.414 e. The maximum absolute atomic E-state index is 11.3. The Balaban J connectivity index is 7.88. The Morgan fingerprint density at radius 1 is 0.340 bits per heavy atom. The predicted octanol–water partition coefficient (Wildman–Crippen LogP) is 11.6. The second-order valence-electron chi connectivity index (χ2n) is 14.2. The number of aliphatic hydroxyl groups is 1. The molecule has 0 bridgehead atoms. The molecule has 0 aliphatic carbocycles. The standard InChI is InChI=1S/C36H84O6Si5/c1-16-43(17-2,18-3)38-32-34(40-45(22-7,23-8)24-9)36(42-47(28-13,29-14)30-15)35(41-46(25-10,26-11)27-12)33(31-37)39-44(19-4,20-5)21-6/h33-37H,16-32H2,1-15H3/t33-,34-,35-,36-/m1/s1. The van der Waals surface area contributed by atoms with E-state index in [2.05, 4.69) is 104 Å². The van der Waals surface area contributed by atoms with Crippen molar-refractivity contribution < 1.29 is 27.2 Å². The van der Waals surface area contributed by atoms with Crippen molar-refractivity contribution in [3.05, 3.63) is 0 Å². The lowest BCUT2D eigenvalue weighted by atomic mass is 10.0. The summed E-state index contributed by atoms with van der Waals surface area (Å²) in [5.74, 6) is 0. The summed E-state index contributed by atoms with van der Waals surface area (Å²) < 4.78 is 37.4. The highest BCUT2D eigenvalue weighted by molar-refractivity contribution is 6.75. The summed E-state index contributed by atoms with van der Waals surface area (Å²) in [5.41, 5.74) is 0. The average Bonchev–Trinajstić information content (AvgIpc) is 3.14. The lowest BCUT2D eigenvalue weighted by Gasteiger charge is -2.49. The van der Waals surface area contributed by atoms with Gasteiger partial charge in [0.1, 0.15) is 0 Å². The zero-order chi connectivity index (χ0) is 36.4. The molecular formula is C36H84O6Si5. The fourth-order valence-corrected chi connectivity index (χ4v) is 21.7. The van der Waals surface area contributed by atoms with Gasteiger partial charge in [-0.2, -0.15) is 0 Å². The SMILES string of the molecule is CC[Si](CC)(CC)OC[C@@H](O[Si](CC)(CC)CC)[C@@H](O[Si](CC)(CC)CC)[C@H](O[Si](CC)(CC)CC)[C@@H](CO)O[Si](CC)(CC)CC. The van der Waals surface area contributed by atoms with Gasteiger partial charge in [-0.3, -0.25) is 0 Å². The summed E-state index contributed by atoms with van der Waals surface area (Å²) in [6.07, 6.45) is -1.44. The number of aliphatic hydroxyl groups excluding tert-OH is 1. The molecule has 0 saturated carbocycles. The molecule has 0 fully saturated rings. The third kappa shape index (κ3) is 12.8. The van der Waals surface area contributed by atoms with Crippen molar-refractivity contribution in [2.45, 2.75) is 219 Å². The summed E-state index contributed by atoms with van der Waals surface area (Å²) >= 11 is 0. The summed E-state index contributed by atoms with van der Waals surface area (Å²) in [6.45, 7) is 35.0. The molecule has 11 heteroatoms. The van der Waals surface area contributed by atoms with E-state index in [9.17, 15) is 5.11 Å². The fraction of sp³-hybridized carbons (Fsp3) is 1.00. The van der Waals surface area contributed by atoms with E-state index < -0.39 is 53.8 Å². The highest BCUT2D eigenvalue weighted by Gasteiger charge is 2.50. The molecule has 0 unspecified atom stereocenters. The molecule has 0 spiro atoms. The first-order valence-corrected chi connectivity index (χ1v) is 32.9. The minimum Gasteiger partial charge on any atom is -0.414 e. The molecule has 4 atom stereocenters. The number of rotatable bonds is 30. The van der Waals surface area contributed by atoms with Crippen LogP contribution in [0.2, 0.25) is 90.7 Å². The van der Waals surface area contributed by atoms with Crippen LogP contribution in [0.3, 0.4) is 0 Å². The molecule has 0 aliphatic heterocycles. The molecule has 0 heterocycles. The van der Waals surface area contributed by atoms with Gasteiger partial charge in [-0.25, -0.2) is 0 Å². The predicted molar refractivity (Wildman–Crippen MR) is 219 cm³/mol. The maximum atomic E-state index is 11.3. The van der Waals surface area contributed by atoms with Crippen molar-refractivity contribution in [3.63, 3.8) is 0 Å². The second-order valence-corrected chi connectivity index (χ2v) is 37.9. The van der Waals surface area contributed by atoms with Gasteiger partial charge in [0.15, 0.2) is 41.6 Å². The molecule has 6 nitrogen and oxygen atoms in total. The second kappa shape index (κ2) is 23.4. The first-order valence-electron chi connectivity index (χ1n) is 20.3. The average molecular weight is 753 g/mol. The molecule has 0 aromatic rings. The van der Waals surface area contributed by atoms with E-state index in [1.165, 1.54) is 0 Å². The quantitative estimate of drug-likeness (QED) is 0.0737. The first-order chi connectivity index (χ1) is 22.3. The van der Waals surface area contributed by atoms with Gasteiger partial charge in [0.05, 0.1) is 37.6 Å². The lowest BCUT2D eigenvalue weighted by Crippen LogP contribution is -2.62. The van der Waals surface area contributed by atoms with E-state index in [0.29, 0.717) is 6.61 Å². The molecule has 0 aliphatic rings. The molecule has 284 valence electrons. The summed E-state index contributed by atoms with van der Waals surface area (Å²) in [5, 5.41) is 11.3. The molecule has 0 amide bonds. The Morgan fingerprint density at radius 2 is 0.574 bits per heavy atom. The third-order valence-corrected chi connectivity index (χ3v) is 36.3. The Labute approximate surface area is 299 Å². The van der Waals surface area contributed by atoms with E-state index in [1.807, 2.05) is 0 Å². The molecule has 0 rings (SSSR count).